The summed E-state index contributed by atoms with van der Waals surface area (Å²) in [6, 6.07) is 33.6. The number of benzene rings is 4. The number of carbonyl (C=O) groups excluding carboxylic acids is 1. The molecule has 4 aromatic carbocycles. The Bertz CT molecular complexity index is 1750. The summed E-state index contributed by atoms with van der Waals surface area (Å²) >= 11 is 12.5. The Morgan fingerprint density at radius 2 is 1.50 bits per heavy atom. The number of halogens is 2. The maximum Gasteiger partial charge on any atom is 0.315 e. The lowest BCUT2D eigenvalue weighted by atomic mass is 9.99. The number of nitrogens with zero attached hydrogens (tertiary/aromatic N) is 2. The van der Waals surface area contributed by atoms with E-state index in [1.54, 1.807) is 10.9 Å². The summed E-state index contributed by atoms with van der Waals surface area (Å²) < 4.78 is 14.7. The molecular weight excluding hydrogens is 623 g/mol. The lowest BCUT2D eigenvalue weighted by Crippen LogP contribution is -2.34. The van der Waals surface area contributed by atoms with Crippen LogP contribution >= 0.6 is 23.2 Å². The number of aliphatic hydroxyl groups is 1. The third-order valence-electron chi connectivity index (χ3n) is 7.94. The summed E-state index contributed by atoms with van der Waals surface area (Å²) in [4.78, 5) is 16.4. The van der Waals surface area contributed by atoms with Gasteiger partial charge < -0.3 is 29.8 Å². The van der Waals surface area contributed by atoms with Crippen molar-refractivity contribution in [2.24, 2.45) is 0 Å². The normalized spacial score (nSPS) is 17.8. The maximum atomic E-state index is 12.3. The fourth-order valence-electron chi connectivity index (χ4n) is 5.44. The molecule has 8 nitrogen and oxygen atoms in total. The highest BCUT2D eigenvalue weighted by Gasteiger charge is 2.33. The molecule has 1 saturated heterocycles. The van der Waals surface area contributed by atoms with Crippen LogP contribution < -0.4 is 10.6 Å². The van der Waals surface area contributed by atoms with Gasteiger partial charge in [-0.2, -0.15) is 0 Å². The number of hydrogen-bond acceptors (Lipinski definition) is 5. The quantitative estimate of drug-likeness (QED) is 0.144. The molecule has 236 valence electrons. The van der Waals surface area contributed by atoms with Gasteiger partial charge >= 0.3 is 6.03 Å². The second-order valence-corrected chi connectivity index (χ2v) is 11.9. The van der Waals surface area contributed by atoms with Crippen molar-refractivity contribution in [2.45, 2.75) is 51.2 Å². The van der Waals surface area contributed by atoms with E-state index in [1.807, 2.05) is 97.1 Å². The molecule has 10 heteroatoms. The van der Waals surface area contributed by atoms with E-state index < -0.39 is 6.29 Å². The minimum atomic E-state index is -0.613. The second-order valence-electron chi connectivity index (χ2n) is 11.2. The third kappa shape index (κ3) is 7.96. The van der Waals surface area contributed by atoms with Gasteiger partial charge in [-0.3, -0.25) is 0 Å². The van der Waals surface area contributed by atoms with Gasteiger partial charge in [0.2, 0.25) is 0 Å². The minimum Gasteiger partial charge on any atom is -0.392 e. The van der Waals surface area contributed by atoms with Crippen LogP contribution in [0.3, 0.4) is 0 Å². The molecule has 2 heterocycles. The van der Waals surface area contributed by atoms with Crippen LogP contribution in [0, 0.1) is 0 Å². The van der Waals surface area contributed by atoms with Crippen LogP contribution in [0.4, 0.5) is 4.79 Å². The second kappa shape index (κ2) is 14.9. The Balaban J connectivity index is 1.13. The molecule has 2 amide bonds. The zero-order valence-corrected chi connectivity index (χ0v) is 26.5. The monoisotopic (exact) mass is 656 g/mol. The minimum absolute atomic E-state index is 0.0179. The number of ether oxygens (including phenoxy) is 2. The predicted octanol–water partition coefficient (Wildman–Crippen LogP) is 7.59. The van der Waals surface area contributed by atoms with Gasteiger partial charge in [-0.1, -0.05) is 120 Å². The highest BCUT2D eigenvalue weighted by Crippen LogP contribution is 2.39. The van der Waals surface area contributed by atoms with Gasteiger partial charge in [-0.25, -0.2) is 9.78 Å². The first kappa shape index (κ1) is 31.8. The van der Waals surface area contributed by atoms with Crippen molar-refractivity contribution in [3.8, 4) is 11.1 Å². The van der Waals surface area contributed by atoms with Crippen LogP contribution in [-0.2, 0) is 35.7 Å². The number of imidazole rings is 1. The molecule has 5 aromatic rings. The molecule has 0 unspecified atom stereocenters. The summed E-state index contributed by atoms with van der Waals surface area (Å²) in [5.41, 5.74) is 6.82. The highest BCUT2D eigenvalue weighted by atomic mass is 35.5. The fourth-order valence-corrected chi connectivity index (χ4v) is 5.75. The number of amides is 2. The van der Waals surface area contributed by atoms with E-state index in [1.165, 1.54) is 0 Å². The molecule has 1 aromatic heterocycles. The lowest BCUT2D eigenvalue weighted by Gasteiger charge is -2.36. The topological polar surface area (TPSA) is 97.6 Å². The zero-order valence-electron chi connectivity index (χ0n) is 25.0. The SMILES string of the molecule is O=C(NCc1ccccc1)NCc1cccc(-c2ccc([C@@H]3O[C@H](Cn4cnc(Cl)c4Cl)C[C@H](c4ccc(CO)cc4)O3)cc2)c1. The van der Waals surface area contributed by atoms with E-state index in [-0.39, 0.29) is 30.0 Å². The number of aliphatic hydroxyl groups excluding tert-OH is 1. The van der Waals surface area contributed by atoms with Crippen LogP contribution in [0.2, 0.25) is 10.3 Å². The number of nitrogens with one attached hydrogen (secondary N) is 2. The van der Waals surface area contributed by atoms with Gasteiger partial charge in [0.1, 0.15) is 5.15 Å². The van der Waals surface area contributed by atoms with Gasteiger partial charge in [-0.05, 0) is 39.4 Å². The van der Waals surface area contributed by atoms with E-state index in [2.05, 4.69) is 21.7 Å². The van der Waals surface area contributed by atoms with Crippen molar-refractivity contribution < 1.29 is 19.4 Å². The molecule has 6 rings (SSSR count). The van der Waals surface area contributed by atoms with Gasteiger partial charge in [-0.15, -0.1) is 0 Å². The summed E-state index contributed by atoms with van der Waals surface area (Å²) in [6.45, 7) is 1.32. The van der Waals surface area contributed by atoms with E-state index in [0.29, 0.717) is 31.2 Å². The molecule has 0 saturated carbocycles. The van der Waals surface area contributed by atoms with Gasteiger partial charge in [0.05, 0.1) is 31.7 Å². The molecule has 1 aliphatic heterocycles. The van der Waals surface area contributed by atoms with Crippen molar-refractivity contribution in [3.05, 3.63) is 148 Å². The van der Waals surface area contributed by atoms with Crippen LogP contribution in [0.1, 0.15) is 46.6 Å². The average molecular weight is 658 g/mol. The largest absolute Gasteiger partial charge is 0.392 e. The molecule has 0 aliphatic carbocycles. The maximum absolute atomic E-state index is 12.3. The van der Waals surface area contributed by atoms with E-state index in [0.717, 1.165) is 38.9 Å². The standard InChI is InChI=1S/C36H34Cl2N4O4/c37-33-34(38)42(23-41-33)21-31-18-32(28-11-9-25(22-43)10-12-28)46-35(45-31)29-15-13-27(14-16-29)30-8-4-7-26(17-30)20-40-36(44)39-19-24-5-2-1-3-6-24/h1-17,23,31-32,35,43H,18-22H2,(H2,39,40,44)/t31-,32+,35+/m0/s1. The first-order valence-electron chi connectivity index (χ1n) is 15.1. The Labute approximate surface area is 277 Å². The molecule has 46 heavy (non-hydrogen) atoms. The van der Waals surface area contributed by atoms with Crippen molar-refractivity contribution in [1.29, 1.82) is 0 Å². The van der Waals surface area contributed by atoms with Gasteiger partial charge in [0.25, 0.3) is 0 Å². The Morgan fingerprint density at radius 3 is 2.20 bits per heavy atom. The molecule has 1 fully saturated rings. The number of carbonyl (C=O) groups is 1. The lowest BCUT2D eigenvalue weighted by molar-refractivity contribution is -0.252. The van der Waals surface area contributed by atoms with Gasteiger partial charge in [0, 0.05) is 25.1 Å². The Morgan fingerprint density at radius 1 is 0.804 bits per heavy atom. The number of rotatable bonds is 10. The number of hydrogen-bond donors (Lipinski definition) is 3. The summed E-state index contributed by atoms with van der Waals surface area (Å²) in [6.07, 6.45) is 1.14. The van der Waals surface area contributed by atoms with Crippen LogP contribution in [-0.4, -0.2) is 26.8 Å². The smallest absolute Gasteiger partial charge is 0.315 e. The molecule has 0 bridgehead atoms. The van der Waals surface area contributed by atoms with Crippen molar-refractivity contribution in [1.82, 2.24) is 20.2 Å². The van der Waals surface area contributed by atoms with E-state index >= 15 is 0 Å². The third-order valence-corrected chi connectivity index (χ3v) is 8.71. The van der Waals surface area contributed by atoms with Gasteiger partial charge in [0.15, 0.2) is 11.4 Å². The Hall–Kier alpha value is -4.18. The zero-order chi connectivity index (χ0) is 31.9. The molecule has 0 radical (unpaired) electrons. The molecule has 3 atom stereocenters. The highest BCUT2D eigenvalue weighted by molar-refractivity contribution is 6.40. The first-order valence-corrected chi connectivity index (χ1v) is 15.8. The summed E-state index contributed by atoms with van der Waals surface area (Å²) in [5.74, 6) is 0. The van der Waals surface area contributed by atoms with Crippen LogP contribution in [0.15, 0.2) is 109 Å². The van der Waals surface area contributed by atoms with Crippen LogP contribution in [0.25, 0.3) is 11.1 Å². The summed E-state index contributed by atoms with van der Waals surface area (Å²) in [5, 5.41) is 15.9. The number of aromatic nitrogens is 2. The molecule has 0 spiro atoms. The molecule has 3 N–H and O–H groups in total. The van der Waals surface area contributed by atoms with Crippen LogP contribution in [0.5, 0.6) is 0 Å². The Kier molecular flexibility index (Phi) is 10.3. The summed E-state index contributed by atoms with van der Waals surface area (Å²) in [7, 11) is 0. The number of urea groups is 1. The first-order chi connectivity index (χ1) is 22.4. The van der Waals surface area contributed by atoms with E-state index in [9.17, 15) is 9.90 Å². The fraction of sp³-hybridized carbons (Fsp3) is 0.222. The predicted molar refractivity (Wildman–Crippen MR) is 178 cm³/mol. The average Bonchev–Trinajstić information content (AvgIpc) is 3.42. The molecule has 1 aliphatic rings. The molecular formula is C36H34Cl2N4O4. The van der Waals surface area contributed by atoms with Crippen molar-refractivity contribution >= 4 is 29.2 Å². The van der Waals surface area contributed by atoms with E-state index in [4.69, 9.17) is 32.7 Å². The van der Waals surface area contributed by atoms with Crippen molar-refractivity contribution in [2.75, 3.05) is 0 Å². The van der Waals surface area contributed by atoms with Crippen molar-refractivity contribution in [3.63, 3.8) is 0 Å².